The van der Waals surface area contributed by atoms with Crippen molar-refractivity contribution in [1.29, 1.82) is 0 Å². The Morgan fingerprint density at radius 2 is 2.04 bits per heavy atom. The first-order valence-electron chi connectivity index (χ1n) is 9.03. The summed E-state index contributed by atoms with van der Waals surface area (Å²) in [6.45, 7) is 5.22. The molecule has 0 spiro atoms. The Morgan fingerprint density at radius 3 is 2.76 bits per heavy atom. The second-order valence-electron chi connectivity index (χ2n) is 7.07. The van der Waals surface area contributed by atoms with Crippen LogP contribution in [0.25, 0.3) is 0 Å². The summed E-state index contributed by atoms with van der Waals surface area (Å²) < 4.78 is 9.64. The highest BCUT2D eigenvalue weighted by Gasteiger charge is 2.33. The minimum absolute atomic E-state index is 0.0142. The maximum absolute atomic E-state index is 12.7. The molecule has 0 aromatic carbocycles. The van der Waals surface area contributed by atoms with Crippen LogP contribution in [0.1, 0.15) is 53.4 Å². The van der Waals surface area contributed by atoms with Crippen LogP contribution in [-0.2, 0) is 11.8 Å². The standard InChI is InChI=1S/C18H25N5O2/c1-13-11-20-16(14-4-9-25-10-5-14)23(13)15-3-7-22(12-15)18(24)17-19-6-8-21(17)2/h6,8,11,14-15H,3-5,7,9-10,12H2,1-2H3. The maximum atomic E-state index is 12.7. The molecule has 7 heteroatoms. The quantitative estimate of drug-likeness (QED) is 0.854. The lowest BCUT2D eigenvalue weighted by Gasteiger charge is -2.26. The van der Waals surface area contributed by atoms with Gasteiger partial charge in [-0.15, -0.1) is 0 Å². The van der Waals surface area contributed by atoms with Crippen molar-refractivity contribution in [1.82, 2.24) is 24.0 Å². The molecule has 4 rings (SSSR count). The summed E-state index contributed by atoms with van der Waals surface area (Å²) in [7, 11) is 1.86. The minimum atomic E-state index is 0.0142. The topological polar surface area (TPSA) is 65.2 Å². The molecule has 2 aromatic rings. The highest BCUT2D eigenvalue weighted by molar-refractivity contribution is 5.91. The molecule has 25 heavy (non-hydrogen) atoms. The van der Waals surface area contributed by atoms with Crippen LogP contribution in [0.15, 0.2) is 18.6 Å². The monoisotopic (exact) mass is 343 g/mol. The van der Waals surface area contributed by atoms with Crippen LogP contribution < -0.4 is 0 Å². The number of hydrogen-bond donors (Lipinski definition) is 0. The Hall–Kier alpha value is -2.15. The SMILES string of the molecule is Cc1cnc(C2CCOCC2)n1C1CCN(C(=O)c2nccn2C)C1. The van der Waals surface area contributed by atoms with E-state index in [2.05, 4.69) is 16.5 Å². The highest BCUT2D eigenvalue weighted by Crippen LogP contribution is 2.32. The molecule has 1 unspecified atom stereocenters. The van der Waals surface area contributed by atoms with Crippen LogP contribution in [-0.4, -0.2) is 56.2 Å². The van der Waals surface area contributed by atoms with Gasteiger partial charge >= 0.3 is 0 Å². The van der Waals surface area contributed by atoms with Crippen molar-refractivity contribution in [2.45, 2.75) is 38.1 Å². The number of ether oxygens (including phenoxy) is 1. The molecule has 0 saturated carbocycles. The average molecular weight is 343 g/mol. The summed E-state index contributed by atoms with van der Waals surface area (Å²) >= 11 is 0. The van der Waals surface area contributed by atoms with Crippen LogP contribution >= 0.6 is 0 Å². The van der Waals surface area contributed by atoms with Crippen molar-refractivity contribution < 1.29 is 9.53 Å². The molecule has 4 heterocycles. The van der Waals surface area contributed by atoms with Crippen molar-refractivity contribution in [3.8, 4) is 0 Å². The number of aryl methyl sites for hydroxylation is 2. The molecule has 0 aliphatic carbocycles. The number of carbonyl (C=O) groups excluding carboxylic acids is 1. The van der Waals surface area contributed by atoms with Gasteiger partial charge < -0.3 is 18.8 Å². The molecule has 0 bridgehead atoms. The predicted octanol–water partition coefficient (Wildman–Crippen LogP) is 1.91. The summed E-state index contributed by atoms with van der Waals surface area (Å²) in [6.07, 6.45) is 8.46. The Kier molecular flexibility index (Phi) is 4.33. The minimum Gasteiger partial charge on any atom is -0.381 e. The van der Waals surface area contributed by atoms with Gasteiger partial charge in [0.2, 0.25) is 0 Å². The number of hydrogen-bond acceptors (Lipinski definition) is 4. The molecule has 2 aromatic heterocycles. The zero-order chi connectivity index (χ0) is 17.4. The van der Waals surface area contributed by atoms with E-state index in [0.29, 0.717) is 17.8 Å². The Labute approximate surface area is 147 Å². The number of imidazole rings is 2. The number of aromatic nitrogens is 4. The summed E-state index contributed by atoms with van der Waals surface area (Å²) in [5.74, 6) is 2.15. The number of likely N-dealkylation sites (tertiary alicyclic amines) is 1. The van der Waals surface area contributed by atoms with Gasteiger partial charge in [0.05, 0.1) is 6.04 Å². The third-order valence-corrected chi connectivity index (χ3v) is 5.43. The molecular formula is C18H25N5O2. The molecule has 0 radical (unpaired) electrons. The molecule has 0 N–H and O–H groups in total. The fourth-order valence-corrected chi connectivity index (χ4v) is 4.05. The van der Waals surface area contributed by atoms with Crippen molar-refractivity contribution in [2.24, 2.45) is 7.05 Å². The average Bonchev–Trinajstić information content (AvgIpc) is 3.34. The van der Waals surface area contributed by atoms with Crippen LogP contribution in [0.3, 0.4) is 0 Å². The number of rotatable bonds is 3. The van der Waals surface area contributed by atoms with E-state index < -0.39 is 0 Å². The van der Waals surface area contributed by atoms with E-state index in [1.807, 2.05) is 24.3 Å². The lowest BCUT2D eigenvalue weighted by atomic mass is 9.99. The van der Waals surface area contributed by atoms with E-state index in [0.717, 1.165) is 51.4 Å². The molecule has 2 aliphatic rings. The first-order valence-corrected chi connectivity index (χ1v) is 9.03. The van der Waals surface area contributed by atoms with E-state index in [9.17, 15) is 4.79 Å². The molecular weight excluding hydrogens is 318 g/mol. The summed E-state index contributed by atoms with van der Waals surface area (Å²) in [5.41, 5.74) is 1.18. The van der Waals surface area contributed by atoms with Gasteiger partial charge in [0.15, 0.2) is 5.82 Å². The molecule has 2 fully saturated rings. The first kappa shape index (κ1) is 16.3. The van der Waals surface area contributed by atoms with Crippen LogP contribution in [0, 0.1) is 6.92 Å². The third kappa shape index (κ3) is 2.97. The van der Waals surface area contributed by atoms with Gasteiger partial charge in [-0.1, -0.05) is 0 Å². The zero-order valence-electron chi connectivity index (χ0n) is 14.9. The summed E-state index contributed by atoms with van der Waals surface area (Å²) in [6, 6.07) is 0.296. The van der Waals surface area contributed by atoms with E-state index in [1.54, 1.807) is 10.8 Å². The Morgan fingerprint density at radius 1 is 1.24 bits per heavy atom. The van der Waals surface area contributed by atoms with Crippen LogP contribution in [0.2, 0.25) is 0 Å². The van der Waals surface area contributed by atoms with Gasteiger partial charge in [0.25, 0.3) is 5.91 Å². The molecule has 7 nitrogen and oxygen atoms in total. The van der Waals surface area contributed by atoms with Crippen molar-refractivity contribution in [3.63, 3.8) is 0 Å². The van der Waals surface area contributed by atoms with E-state index in [1.165, 1.54) is 5.69 Å². The fourth-order valence-electron chi connectivity index (χ4n) is 4.05. The van der Waals surface area contributed by atoms with E-state index >= 15 is 0 Å². The lowest BCUT2D eigenvalue weighted by molar-refractivity contribution is 0.0769. The fraction of sp³-hybridized carbons (Fsp3) is 0.611. The zero-order valence-corrected chi connectivity index (χ0v) is 14.9. The van der Waals surface area contributed by atoms with Gasteiger partial charge in [0, 0.05) is 63.6 Å². The van der Waals surface area contributed by atoms with E-state index in [4.69, 9.17) is 9.72 Å². The number of carbonyl (C=O) groups is 1. The second-order valence-corrected chi connectivity index (χ2v) is 7.07. The van der Waals surface area contributed by atoms with Gasteiger partial charge in [-0.05, 0) is 26.2 Å². The largest absolute Gasteiger partial charge is 0.381 e. The van der Waals surface area contributed by atoms with Gasteiger partial charge in [0.1, 0.15) is 5.82 Å². The maximum Gasteiger partial charge on any atom is 0.289 e. The second kappa shape index (κ2) is 6.63. The van der Waals surface area contributed by atoms with Crippen LogP contribution in [0.5, 0.6) is 0 Å². The molecule has 1 atom stereocenters. The Bertz CT molecular complexity index is 759. The number of amides is 1. The van der Waals surface area contributed by atoms with Gasteiger partial charge in [-0.3, -0.25) is 4.79 Å². The highest BCUT2D eigenvalue weighted by atomic mass is 16.5. The summed E-state index contributed by atoms with van der Waals surface area (Å²) in [4.78, 5) is 23.5. The predicted molar refractivity (Wildman–Crippen MR) is 92.5 cm³/mol. The van der Waals surface area contributed by atoms with Crippen LogP contribution in [0.4, 0.5) is 0 Å². The van der Waals surface area contributed by atoms with Gasteiger partial charge in [-0.2, -0.15) is 0 Å². The number of nitrogens with zero attached hydrogens (tertiary/aromatic N) is 5. The van der Waals surface area contributed by atoms with E-state index in [-0.39, 0.29) is 5.91 Å². The molecule has 1 amide bonds. The molecule has 2 saturated heterocycles. The molecule has 2 aliphatic heterocycles. The lowest BCUT2D eigenvalue weighted by Crippen LogP contribution is -2.31. The smallest absolute Gasteiger partial charge is 0.289 e. The molecule has 134 valence electrons. The van der Waals surface area contributed by atoms with Crippen molar-refractivity contribution >= 4 is 5.91 Å². The van der Waals surface area contributed by atoms with Crippen molar-refractivity contribution in [2.75, 3.05) is 26.3 Å². The van der Waals surface area contributed by atoms with Gasteiger partial charge in [-0.25, -0.2) is 9.97 Å². The van der Waals surface area contributed by atoms with Crippen molar-refractivity contribution in [3.05, 3.63) is 35.9 Å². The third-order valence-electron chi connectivity index (χ3n) is 5.43. The first-order chi connectivity index (χ1) is 12.1. The Balaban J connectivity index is 1.53. The normalized spacial score (nSPS) is 21.8. The summed E-state index contributed by atoms with van der Waals surface area (Å²) in [5, 5.41) is 0.